The first kappa shape index (κ1) is 19.0. The van der Waals surface area contributed by atoms with Crippen molar-refractivity contribution in [2.75, 3.05) is 14.2 Å². The molecule has 0 saturated carbocycles. The lowest BCUT2D eigenvalue weighted by atomic mass is 10.1. The van der Waals surface area contributed by atoms with Gasteiger partial charge in [-0.1, -0.05) is 11.6 Å². The molecule has 0 radical (unpaired) electrons. The Morgan fingerprint density at radius 2 is 2.12 bits per heavy atom. The van der Waals surface area contributed by atoms with Gasteiger partial charge < -0.3 is 14.4 Å². The Morgan fingerprint density at radius 1 is 1.40 bits per heavy atom. The molecule has 0 N–H and O–H groups in total. The summed E-state index contributed by atoms with van der Waals surface area (Å²) in [5.74, 6) is -0.401. The van der Waals surface area contributed by atoms with Crippen molar-refractivity contribution in [3.63, 3.8) is 0 Å². The van der Waals surface area contributed by atoms with Gasteiger partial charge in [-0.15, -0.1) is 0 Å². The SMILES string of the molecule is CCn1ncc(Cl)c1CN(C)C(=O)c1ccc(OC(F)F)c(OC)c1. The van der Waals surface area contributed by atoms with Crippen molar-refractivity contribution >= 4 is 17.5 Å². The smallest absolute Gasteiger partial charge is 0.387 e. The van der Waals surface area contributed by atoms with Crippen LogP contribution in [0, 0.1) is 0 Å². The van der Waals surface area contributed by atoms with E-state index in [9.17, 15) is 13.6 Å². The number of hydrogen-bond acceptors (Lipinski definition) is 4. The fourth-order valence-corrected chi connectivity index (χ4v) is 2.53. The molecule has 25 heavy (non-hydrogen) atoms. The Morgan fingerprint density at radius 3 is 2.72 bits per heavy atom. The standard InChI is InChI=1S/C16H18ClF2N3O3/c1-4-22-12(11(17)8-20-22)9-21(2)15(23)10-5-6-13(25-16(18)19)14(7-10)24-3/h5-8,16H,4,9H2,1-3H3. The minimum absolute atomic E-state index is 0.0520. The van der Waals surface area contributed by atoms with E-state index in [0.29, 0.717) is 17.3 Å². The van der Waals surface area contributed by atoms with Gasteiger partial charge in [0.2, 0.25) is 0 Å². The molecule has 9 heteroatoms. The predicted octanol–water partition coefficient (Wildman–Crippen LogP) is 3.44. The second kappa shape index (κ2) is 8.15. The van der Waals surface area contributed by atoms with Gasteiger partial charge in [-0.3, -0.25) is 9.48 Å². The van der Waals surface area contributed by atoms with Gasteiger partial charge in [0.1, 0.15) is 0 Å². The first-order valence-electron chi connectivity index (χ1n) is 7.45. The quantitative estimate of drug-likeness (QED) is 0.746. The number of methoxy groups -OCH3 is 1. The molecule has 2 rings (SSSR count). The van der Waals surface area contributed by atoms with Crippen LogP contribution in [0.2, 0.25) is 5.02 Å². The number of rotatable bonds is 7. The molecule has 0 spiro atoms. The second-order valence-electron chi connectivity index (χ2n) is 5.16. The van der Waals surface area contributed by atoms with E-state index in [-0.39, 0.29) is 29.5 Å². The van der Waals surface area contributed by atoms with Gasteiger partial charge in [-0.05, 0) is 25.1 Å². The molecule has 1 amide bonds. The first-order valence-corrected chi connectivity index (χ1v) is 7.83. The van der Waals surface area contributed by atoms with Gasteiger partial charge in [0.25, 0.3) is 5.91 Å². The van der Waals surface area contributed by atoms with Crippen molar-refractivity contribution in [2.45, 2.75) is 26.6 Å². The number of nitrogens with zero attached hydrogens (tertiary/aromatic N) is 3. The van der Waals surface area contributed by atoms with Gasteiger partial charge in [-0.2, -0.15) is 13.9 Å². The summed E-state index contributed by atoms with van der Waals surface area (Å²) in [5.41, 5.74) is 0.990. The summed E-state index contributed by atoms with van der Waals surface area (Å²) in [6.45, 7) is -0.184. The van der Waals surface area contributed by atoms with Gasteiger partial charge in [0.15, 0.2) is 11.5 Å². The normalized spacial score (nSPS) is 10.8. The fraction of sp³-hybridized carbons (Fsp3) is 0.375. The molecule has 0 unspecified atom stereocenters. The molecule has 0 bridgehead atoms. The summed E-state index contributed by atoms with van der Waals surface area (Å²) in [6.07, 6.45) is 1.53. The van der Waals surface area contributed by atoms with Crippen LogP contribution in [-0.4, -0.2) is 41.4 Å². The first-order chi connectivity index (χ1) is 11.9. The maximum Gasteiger partial charge on any atom is 0.387 e. The third kappa shape index (κ3) is 4.39. The van der Waals surface area contributed by atoms with Crippen LogP contribution in [-0.2, 0) is 13.1 Å². The summed E-state index contributed by atoms with van der Waals surface area (Å²) in [4.78, 5) is 14.0. The Labute approximate surface area is 148 Å². The minimum Gasteiger partial charge on any atom is -0.493 e. The van der Waals surface area contributed by atoms with Crippen molar-refractivity contribution in [3.8, 4) is 11.5 Å². The van der Waals surface area contributed by atoms with Gasteiger partial charge >= 0.3 is 6.61 Å². The molecule has 0 saturated heterocycles. The van der Waals surface area contributed by atoms with E-state index in [1.807, 2.05) is 6.92 Å². The highest BCUT2D eigenvalue weighted by Crippen LogP contribution is 2.30. The number of hydrogen-bond donors (Lipinski definition) is 0. The van der Waals surface area contributed by atoms with E-state index in [1.54, 1.807) is 11.7 Å². The summed E-state index contributed by atoms with van der Waals surface area (Å²) in [7, 11) is 2.92. The van der Waals surface area contributed by atoms with Crippen LogP contribution in [0.25, 0.3) is 0 Å². The van der Waals surface area contributed by atoms with E-state index in [1.165, 1.54) is 36.4 Å². The number of aromatic nitrogens is 2. The highest BCUT2D eigenvalue weighted by molar-refractivity contribution is 6.31. The zero-order valence-corrected chi connectivity index (χ0v) is 14.8. The largest absolute Gasteiger partial charge is 0.493 e. The monoisotopic (exact) mass is 373 g/mol. The number of amides is 1. The Bertz CT molecular complexity index is 752. The van der Waals surface area contributed by atoms with E-state index >= 15 is 0 Å². The number of ether oxygens (including phenoxy) is 2. The molecule has 0 fully saturated rings. The number of aryl methyl sites for hydroxylation is 1. The van der Waals surface area contributed by atoms with Crippen LogP contribution < -0.4 is 9.47 Å². The Kier molecular flexibility index (Phi) is 6.19. The third-order valence-corrected chi connectivity index (χ3v) is 3.87. The number of carbonyl (C=O) groups excluding carboxylic acids is 1. The lowest BCUT2D eigenvalue weighted by Gasteiger charge is -2.19. The van der Waals surface area contributed by atoms with E-state index < -0.39 is 6.61 Å². The maximum atomic E-state index is 12.6. The molecular formula is C16H18ClF2N3O3. The second-order valence-corrected chi connectivity index (χ2v) is 5.57. The number of carbonyl (C=O) groups is 1. The van der Waals surface area contributed by atoms with E-state index in [0.717, 1.165) is 0 Å². The number of halogens is 3. The van der Waals surface area contributed by atoms with Crippen LogP contribution in [0.5, 0.6) is 11.5 Å². The predicted molar refractivity (Wildman–Crippen MR) is 88.3 cm³/mol. The van der Waals surface area contributed by atoms with Crippen molar-refractivity contribution in [3.05, 3.63) is 40.7 Å². The zero-order valence-electron chi connectivity index (χ0n) is 14.0. The van der Waals surface area contributed by atoms with E-state index in [2.05, 4.69) is 9.84 Å². The molecule has 1 aromatic carbocycles. The maximum absolute atomic E-state index is 12.6. The van der Waals surface area contributed by atoms with Crippen molar-refractivity contribution in [2.24, 2.45) is 0 Å². The molecule has 2 aromatic rings. The lowest BCUT2D eigenvalue weighted by Crippen LogP contribution is -2.27. The van der Waals surface area contributed by atoms with Crippen molar-refractivity contribution in [1.82, 2.24) is 14.7 Å². The summed E-state index contributed by atoms with van der Waals surface area (Å²) in [5, 5.41) is 4.60. The van der Waals surface area contributed by atoms with Crippen LogP contribution in [0.15, 0.2) is 24.4 Å². The Hall–Kier alpha value is -2.35. The molecule has 1 heterocycles. The van der Waals surface area contributed by atoms with Crippen molar-refractivity contribution in [1.29, 1.82) is 0 Å². The van der Waals surface area contributed by atoms with E-state index in [4.69, 9.17) is 16.3 Å². The molecule has 0 aliphatic carbocycles. The summed E-state index contributed by atoms with van der Waals surface area (Å²) >= 11 is 6.11. The summed E-state index contributed by atoms with van der Waals surface area (Å²) in [6, 6.07) is 4.03. The van der Waals surface area contributed by atoms with Crippen molar-refractivity contribution < 1.29 is 23.0 Å². The summed E-state index contributed by atoms with van der Waals surface area (Å²) < 4.78 is 35.8. The molecule has 136 valence electrons. The molecular weight excluding hydrogens is 356 g/mol. The van der Waals surface area contributed by atoms with Crippen LogP contribution in [0.3, 0.4) is 0 Å². The molecule has 0 aliphatic rings. The lowest BCUT2D eigenvalue weighted by molar-refractivity contribution is -0.0512. The zero-order chi connectivity index (χ0) is 18.6. The number of alkyl halides is 2. The van der Waals surface area contributed by atoms with Crippen LogP contribution in [0.4, 0.5) is 8.78 Å². The van der Waals surface area contributed by atoms with Crippen LogP contribution in [0.1, 0.15) is 23.0 Å². The average Bonchev–Trinajstić information content (AvgIpc) is 2.94. The van der Waals surface area contributed by atoms with Gasteiger partial charge in [0, 0.05) is 19.2 Å². The van der Waals surface area contributed by atoms with Gasteiger partial charge in [-0.25, -0.2) is 0 Å². The third-order valence-electron chi connectivity index (χ3n) is 3.56. The topological polar surface area (TPSA) is 56.6 Å². The fourth-order valence-electron chi connectivity index (χ4n) is 2.33. The average molecular weight is 374 g/mol. The van der Waals surface area contributed by atoms with Crippen LogP contribution >= 0.6 is 11.6 Å². The molecule has 0 aliphatic heterocycles. The molecule has 0 atom stereocenters. The highest BCUT2D eigenvalue weighted by Gasteiger charge is 2.19. The molecule has 6 nitrogen and oxygen atoms in total. The Balaban J connectivity index is 2.20. The minimum atomic E-state index is -2.98. The molecule has 1 aromatic heterocycles. The number of benzene rings is 1. The van der Waals surface area contributed by atoms with Gasteiger partial charge in [0.05, 0.1) is 30.6 Å². The highest BCUT2D eigenvalue weighted by atomic mass is 35.5.